The van der Waals surface area contributed by atoms with Crippen molar-refractivity contribution in [1.29, 1.82) is 0 Å². The first-order chi connectivity index (χ1) is 23.3. The number of fused-ring (bicyclic) bond motifs is 2. The third-order valence-electron chi connectivity index (χ3n) is 8.86. The number of imidazole rings is 2. The van der Waals surface area contributed by atoms with Gasteiger partial charge in [-0.3, -0.25) is 0 Å². The molecule has 6 aromatic rings. The summed E-state index contributed by atoms with van der Waals surface area (Å²) in [7, 11) is 16.6. The largest absolute Gasteiger partial charge is 0.378 e. The van der Waals surface area contributed by atoms with Crippen LogP contribution in [0.4, 0.5) is 11.4 Å². The van der Waals surface area contributed by atoms with Gasteiger partial charge in [-0.15, -0.1) is 0 Å². The van der Waals surface area contributed by atoms with Crippen LogP contribution in [0.15, 0.2) is 97.1 Å². The van der Waals surface area contributed by atoms with Crippen LogP contribution in [-0.4, -0.2) is 48.8 Å². The maximum absolute atomic E-state index is 2.46. The molecule has 0 bridgehead atoms. The van der Waals surface area contributed by atoms with Crippen LogP contribution in [0.2, 0.25) is 0 Å². The van der Waals surface area contributed by atoms with Crippen molar-refractivity contribution in [2.75, 3.05) is 49.5 Å². The molecule has 8 heteroatoms. The van der Waals surface area contributed by atoms with Crippen LogP contribution in [-0.2, 0) is 27.2 Å². The van der Waals surface area contributed by atoms with E-state index in [-0.39, 0.29) is 0 Å². The van der Waals surface area contributed by atoms with Gasteiger partial charge in [0.25, 0.3) is 11.6 Å². The molecule has 246 valence electrons. The van der Waals surface area contributed by atoms with E-state index in [1.165, 1.54) is 56.2 Å². The lowest BCUT2D eigenvalue weighted by Crippen LogP contribution is -2.31. The summed E-state index contributed by atoms with van der Waals surface area (Å²) >= 11 is 0. The van der Waals surface area contributed by atoms with Crippen molar-refractivity contribution in [3.05, 3.63) is 120 Å². The number of hydrogen-bond donors (Lipinski definition) is 0. The van der Waals surface area contributed by atoms with Crippen molar-refractivity contribution in [3.8, 4) is 0 Å². The van der Waals surface area contributed by atoms with Crippen molar-refractivity contribution in [3.63, 3.8) is 0 Å². The Morgan fingerprint density at radius 1 is 0.521 bits per heavy atom. The number of nitrogens with zero attached hydrogens (tertiary/aromatic N) is 6. The van der Waals surface area contributed by atoms with E-state index in [2.05, 4.69) is 192 Å². The molecule has 0 N–H and O–H groups in total. The zero-order valence-electron chi connectivity index (χ0n) is 28.9. The molecule has 6 rings (SSSR count). The van der Waals surface area contributed by atoms with Gasteiger partial charge in [0.2, 0.25) is 0 Å². The van der Waals surface area contributed by atoms with E-state index < -0.39 is 0 Å². The average Bonchev–Trinajstić information content (AvgIpc) is 3.53. The summed E-state index contributed by atoms with van der Waals surface area (Å²) in [6, 6.07) is 34.8. The minimum Gasteiger partial charge on any atom is -0.378 e. The Hall–Kier alpha value is -4.40. The van der Waals surface area contributed by atoms with E-state index in [0.717, 1.165) is 24.6 Å². The Balaban J connectivity index is 1.12. The minimum absolute atomic E-state index is 0.945. The number of aryl methyl sites for hydroxylation is 4. The molecule has 2 aromatic heterocycles. The third-order valence-corrected chi connectivity index (χ3v) is 11.2. The second-order valence-corrected chi connectivity index (χ2v) is 15.1. The lowest BCUT2D eigenvalue weighted by Gasteiger charge is -2.11. The maximum atomic E-state index is 2.46. The highest BCUT2D eigenvalue weighted by molar-refractivity contribution is 8.76. The highest BCUT2D eigenvalue weighted by atomic mass is 33.1. The van der Waals surface area contributed by atoms with E-state index in [9.17, 15) is 0 Å². The van der Waals surface area contributed by atoms with Gasteiger partial charge in [0.15, 0.2) is 22.1 Å². The van der Waals surface area contributed by atoms with Crippen molar-refractivity contribution in [1.82, 2.24) is 9.13 Å². The molecule has 0 saturated carbocycles. The first kappa shape index (κ1) is 33.5. The summed E-state index contributed by atoms with van der Waals surface area (Å²) in [5, 5.41) is 0. The first-order valence-corrected chi connectivity index (χ1v) is 18.9. The van der Waals surface area contributed by atoms with Gasteiger partial charge in [0.05, 0.1) is 14.1 Å². The number of rotatable bonds is 13. The summed E-state index contributed by atoms with van der Waals surface area (Å²) in [4.78, 5) is 4.26. The van der Waals surface area contributed by atoms with Crippen LogP contribution in [0, 0.1) is 0 Å². The van der Waals surface area contributed by atoms with Crippen LogP contribution < -0.4 is 18.9 Å². The third kappa shape index (κ3) is 7.35. The van der Waals surface area contributed by atoms with Crippen molar-refractivity contribution in [2.45, 2.75) is 13.1 Å². The number of benzene rings is 4. The minimum atomic E-state index is 0.945. The highest BCUT2D eigenvalue weighted by Gasteiger charge is 2.22. The quantitative estimate of drug-likeness (QED) is 0.0709. The summed E-state index contributed by atoms with van der Waals surface area (Å²) in [6.07, 6.45) is 8.95. The number of para-hydroxylation sites is 4. The summed E-state index contributed by atoms with van der Waals surface area (Å²) in [5.41, 5.74) is 9.85. The van der Waals surface area contributed by atoms with Crippen LogP contribution in [0.25, 0.3) is 46.4 Å². The van der Waals surface area contributed by atoms with Crippen molar-refractivity contribution >= 4 is 79.3 Å². The maximum Gasteiger partial charge on any atom is 0.282 e. The van der Waals surface area contributed by atoms with Gasteiger partial charge < -0.3 is 9.80 Å². The summed E-state index contributed by atoms with van der Waals surface area (Å²) < 4.78 is 9.53. The normalized spacial score (nSPS) is 11.9. The fraction of sp³-hybridized carbons (Fsp3) is 0.250. The van der Waals surface area contributed by atoms with Gasteiger partial charge in [0, 0.05) is 63.2 Å². The lowest BCUT2D eigenvalue weighted by atomic mass is 10.2. The van der Waals surface area contributed by atoms with Crippen LogP contribution >= 0.6 is 21.6 Å². The SMILES string of the molecule is CN(C)c1ccc(/C=C/c2n(CCSSCCn3c(/C=C/c4ccc(N(C)C)cc4)[n+](C)c4ccccc43)c3ccccc3[n+]2C)cc1. The molecule has 0 fully saturated rings. The van der Waals surface area contributed by atoms with Crippen molar-refractivity contribution < 1.29 is 9.13 Å². The Bertz CT molecular complexity index is 1900. The predicted octanol–water partition coefficient (Wildman–Crippen LogP) is 7.80. The summed E-state index contributed by atoms with van der Waals surface area (Å²) in [6.45, 7) is 1.89. The molecule has 0 amide bonds. The predicted molar refractivity (Wildman–Crippen MR) is 211 cm³/mol. The standard InChI is InChI=1S/C40H46N6S2/c1-41(2)33-21-15-31(16-22-33)19-25-39-43(5)35-11-7-9-13-37(35)45(39)27-29-47-48-30-28-46-38-14-10-8-12-36(38)44(6)40(46)26-20-32-17-23-34(24-18-32)42(3)4/h7-26H,27-30H2,1-6H3/q+2. The molecule has 0 radical (unpaired) electrons. The molecule has 0 aliphatic carbocycles. The Morgan fingerprint density at radius 2 is 0.896 bits per heavy atom. The molecule has 0 unspecified atom stereocenters. The van der Waals surface area contributed by atoms with Gasteiger partial charge in [-0.2, -0.15) is 0 Å². The molecule has 0 aliphatic rings. The molecule has 0 saturated heterocycles. The topological polar surface area (TPSA) is 24.1 Å². The fourth-order valence-corrected chi connectivity index (χ4v) is 8.07. The second-order valence-electron chi connectivity index (χ2n) is 12.4. The fourth-order valence-electron chi connectivity index (χ4n) is 6.17. The number of aromatic nitrogens is 4. The Labute approximate surface area is 293 Å². The summed E-state index contributed by atoms with van der Waals surface area (Å²) in [5.74, 6) is 4.46. The van der Waals surface area contributed by atoms with Gasteiger partial charge >= 0.3 is 0 Å². The van der Waals surface area contributed by atoms with Gasteiger partial charge in [-0.05, 0) is 71.8 Å². The van der Waals surface area contributed by atoms with Crippen LogP contribution in [0.3, 0.4) is 0 Å². The number of anilines is 2. The van der Waals surface area contributed by atoms with E-state index in [1.54, 1.807) is 0 Å². The molecule has 0 aliphatic heterocycles. The molecule has 2 heterocycles. The number of hydrogen-bond acceptors (Lipinski definition) is 4. The van der Waals surface area contributed by atoms with E-state index >= 15 is 0 Å². The Morgan fingerprint density at radius 3 is 1.27 bits per heavy atom. The van der Waals surface area contributed by atoms with Crippen LogP contribution in [0.5, 0.6) is 0 Å². The molecular weight excluding hydrogens is 629 g/mol. The molecule has 6 nitrogen and oxygen atoms in total. The smallest absolute Gasteiger partial charge is 0.282 e. The van der Waals surface area contributed by atoms with E-state index in [1.807, 2.05) is 21.6 Å². The highest BCUT2D eigenvalue weighted by Crippen LogP contribution is 2.26. The molecule has 4 aromatic carbocycles. The second kappa shape index (κ2) is 15.2. The zero-order valence-corrected chi connectivity index (χ0v) is 30.5. The molecule has 0 spiro atoms. The molecule has 48 heavy (non-hydrogen) atoms. The van der Waals surface area contributed by atoms with Crippen LogP contribution in [0.1, 0.15) is 22.8 Å². The zero-order chi connectivity index (χ0) is 33.6. The molecular formula is C40H46N6S2+2. The van der Waals surface area contributed by atoms with Crippen molar-refractivity contribution in [2.24, 2.45) is 14.1 Å². The average molecular weight is 675 g/mol. The Kier molecular flexibility index (Phi) is 10.6. The van der Waals surface area contributed by atoms with E-state index in [0.29, 0.717) is 0 Å². The van der Waals surface area contributed by atoms with Gasteiger partial charge in [-0.1, -0.05) is 70.1 Å². The van der Waals surface area contributed by atoms with E-state index in [4.69, 9.17) is 0 Å². The molecule has 0 atom stereocenters. The van der Waals surface area contributed by atoms with Gasteiger partial charge in [0.1, 0.15) is 13.1 Å². The van der Waals surface area contributed by atoms with Gasteiger partial charge in [-0.25, -0.2) is 18.3 Å². The monoisotopic (exact) mass is 674 g/mol. The lowest BCUT2D eigenvalue weighted by molar-refractivity contribution is -0.647. The first-order valence-electron chi connectivity index (χ1n) is 16.4.